The van der Waals surface area contributed by atoms with E-state index in [0.717, 1.165) is 17.9 Å². The van der Waals surface area contributed by atoms with Crippen LogP contribution in [0.5, 0.6) is 0 Å². The number of benzene rings is 1. The quantitative estimate of drug-likeness (QED) is 0.792. The van der Waals surface area contributed by atoms with E-state index in [4.69, 9.17) is 0 Å². The zero-order chi connectivity index (χ0) is 13.1. The van der Waals surface area contributed by atoms with Crippen molar-refractivity contribution in [1.29, 1.82) is 0 Å². The van der Waals surface area contributed by atoms with Gasteiger partial charge in [0.15, 0.2) is 0 Å². The summed E-state index contributed by atoms with van der Waals surface area (Å²) in [6.07, 6.45) is 1.59. The molecule has 0 aliphatic heterocycles. The van der Waals surface area contributed by atoms with Crippen molar-refractivity contribution in [1.82, 2.24) is 20.2 Å². The van der Waals surface area contributed by atoms with E-state index in [1.165, 1.54) is 10.4 Å². The molecule has 0 amide bonds. The molecule has 1 N–H and O–H groups in total. The number of aromatic nitrogens is 4. The van der Waals surface area contributed by atoms with Crippen molar-refractivity contribution < 1.29 is 0 Å². The minimum Gasteiger partial charge on any atom is -0.380 e. The average Bonchev–Trinajstić information content (AvgIpc) is 3.11. The Morgan fingerprint density at radius 1 is 1.32 bits per heavy atom. The van der Waals surface area contributed by atoms with Crippen LogP contribution in [0.2, 0.25) is 0 Å². The molecule has 6 heteroatoms. The number of rotatable bonds is 4. The van der Waals surface area contributed by atoms with Crippen LogP contribution in [0.3, 0.4) is 0 Å². The first kappa shape index (κ1) is 11.9. The maximum atomic E-state index is 3.90. The van der Waals surface area contributed by atoms with E-state index in [0.29, 0.717) is 0 Å². The third kappa shape index (κ3) is 2.63. The topological polar surface area (TPSA) is 55.6 Å². The van der Waals surface area contributed by atoms with Gasteiger partial charge in [0.2, 0.25) is 0 Å². The van der Waals surface area contributed by atoms with E-state index in [-0.39, 0.29) is 0 Å². The molecule has 0 radical (unpaired) electrons. The molecule has 0 unspecified atom stereocenters. The minimum atomic E-state index is 0.831. The molecule has 0 spiro atoms. The number of hydrogen-bond acceptors (Lipinski definition) is 5. The first-order chi connectivity index (χ1) is 9.33. The van der Waals surface area contributed by atoms with Crippen molar-refractivity contribution in [2.45, 2.75) is 13.5 Å². The van der Waals surface area contributed by atoms with Gasteiger partial charge in [-0.3, -0.25) is 0 Å². The van der Waals surface area contributed by atoms with Crippen molar-refractivity contribution in [3.8, 4) is 5.69 Å². The standard InChI is InChI=1S/C13H13N5S/c1-10-4-5-11(18-9-15-16-17-18)7-13(10)14-8-12-3-2-6-19-12/h2-7,9,14H,8H2,1H3. The van der Waals surface area contributed by atoms with Crippen molar-refractivity contribution in [2.24, 2.45) is 0 Å². The van der Waals surface area contributed by atoms with Crippen LogP contribution in [0.15, 0.2) is 42.0 Å². The van der Waals surface area contributed by atoms with Gasteiger partial charge in [-0.2, -0.15) is 0 Å². The van der Waals surface area contributed by atoms with Crippen LogP contribution in [0.25, 0.3) is 5.69 Å². The molecule has 2 aromatic heterocycles. The fraction of sp³-hybridized carbons (Fsp3) is 0.154. The molecule has 0 atom stereocenters. The van der Waals surface area contributed by atoms with Crippen molar-refractivity contribution in [2.75, 3.05) is 5.32 Å². The molecular weight excluding hydrogens is 258 g/mol. The molecule has 19 heavy (non-hydrogen) atoms. The van der Waals surface area contributed by atoms with Gasteiger partial charge in [0.25, 0.3) is 0 Å². The molecule has 3 aromatic rings. The Hall–Kier alpha value is -2.21. The highest BCUT2D eigenvalue weighted by Gasteiger charge is 2.03. The summed E-state index contributed by atoms with van der Waals surface area (Å²) in [7, 11) is 0. The van der Waals surface area contributed by atoms with E-state index >= 15 is 0 Å². The fourth-order valence-electron chi connectivity index (χ4n) is 1.82. The Balaban J connectivity index is 1.82. The summed E-state index contributed by atoms with van der Waals surface area (Å²) < 4.78 is 1.65. The number of thiophene rings is 1. The summed E-state index contributed by atoms with van der Waals surface area (Å²) in [6.45, 7) is 2.91. The third-order valence-corrected chi connectivity index (χ3v) is 3.74. The normalized spacial score (nSPS) is 10.6. The zero-order valence-corrected chi connectivity index (χ0v) is 11.3. The van der Waals surface area contributed by atoms with E-state index in [9.17, 15) is 0 Å². The van der Waals surface area contributed by atoms with Crippen molar-refractivity contribution in [3.63, 3.8) is 0 Å². The lowest BCUT2D eigenvalue weighted by Crippen LogP contribution is -2.02. The lowest BCUT2D eigenvalue weighted by Gasteiger charge is -2.10. The van der Waals surface area contributed by atoms with Crippen LogP contribution >= 0.6 is 11.3 Å². The highest BCUT2D eigenvalue weighted by molar-refractivity contribution is 7.09. The van der Waals surface area contributed by atoms with Gasteiger partial charge >= 0.3 is 0 Å². The predicted octanol–water partition coefficient (Wildman–Crippen LogP) is 2.64. The summed E-state index contributed by atoms with van der Waals surface area (Å²) in [5.74, 6) is 0. The number of tetrazole rings is 1. The Kier molecular flexibility index (Phi) is 3.24. The van der Waals surface area contributed by atoms with Gasteiger partial charge in [-0.1, -0.05) is 12.1 Å². The number of hydrogen-bond donors (Lipinski definition) is 1. The first-order valence-corrected chi connectivity index (χ1v) is 6.81. The molecule has 2 heterocycles. The molecule has 96 valence electrons. The van der Waals surface area contributed by atoms with Crippen LogP contribution < -0.4 is 5.32 Å². The van der Waals surface area contributed by atoms with Crippen molar-refractivity contribution >= 4 is 17.0 Å². The smallest absolute Gasteiger partial charge is 0.143 e. The molecule has 1 aromatic carbocycles. The van der Waals surface area contributed by atoms with Crippen LogP contribution in [0.4, 0.5) is 5.69 Å². The lowest BCUT2D eigenvalue weighted by atomic mass is 10.2. The second-order valence-electron chi connectivity index (χ2n) is 4.19. The second-order valence-corrected chi connectivity index (χ2v) is 5.22. The van der Waals surface area contributed by atoms with Gasteiger partial charge < -0.3 is 5.32 Å². The van der Waals surface area contributed by atoms with Gasteiger partial charge in [0.05, 0.1) is 5.69 Å². The molecule has 5 nitrogen and oxygen atoms in total. The van der Waals surface area contributed by atoms with E-state index in [1.54, 1.807) is 22.3 Å². The molecule has 0 fully saturated rings. The SMILES string of the molecule is Cc1ccc(-n2cnnn2)cc1NCc1cccs1. The summed E-state index contributed by atoms with van der Waals surface area (Å²) in [5.41, 5.74) is 3.25. The van der Waals surface area contributed by atoms with Crippen LogP contribution in [-0.2, 0) is 6.54 Å². The summed E-state index contributed by atoms with van der Waals surface area (Å²) in [5, 5.41) is 16.7. The summed E-state index contributed by atoms with van der Waals surface area (Å²) >= 11 is 1.75. The molecule has 0 aliphatic rings. The number of nitrogens with zero attached hydrogens (tertiary/aromatic N) is 4. The maximum Gasteiger partial charge on any atom is 0.143 e. The monoisotopic (exact) mass is 271 g/mol. The average molecular weight is 271 g/mol. The largest absolute Gasteiger partial charge is 0.380 e. The summed E-state index contributed by atoms with van der Waals surface area (Å²) in [4.78, 5) is 1.31. The van der Waals surface area contributed by atoms with Gasteiger partial charge in [-0.05, 0) is 46.5 Å². The maximum absolute atomic E-state index is 3.90. The molecule has 0 aliphatic carbocycles. The highest BCUT2D eigenvalue weighted by Crippen LogP contribution is 2.20. The lowest BCUT2D eigenvalue weighted by molar-refractivity contribution is 0.789. The molecule has 0 saturated heterocycles. The van der Waals surface area contributed by atoms with E-state index < -0.39 is 0 Å². The molecule has 3 rings (SSSR count). The number of nitrogens with one attached hydrogen (secondary N) is 1. The summed E-state index contributed by atoms with van der Waals surface area (Å²) in [6, 6.07) is 10.3. The minimum absolute atomic E-state index is 0.831. The molecule has 0 saturated carbocycles. The van der Waals surface area contributed by atoms with Gasteiger partial charge in [0.1, 0.15) is 6.33 Å². The second kappa shape index (κ2) is 5.19. The highest BCUT2D eigenvalue weighted by atomic mass is 32.1. The Morgan fingerprint density at radius 2 is 2.26 bits per heavy atom. The third-order valence-electron chi connectivity index (χ3n) is 2.87. The first-order valence-electron chi connectivity index (χ1n) is 5.93. The Morgan fingerprint density at radius 3 is 3.00 bits per heavy atom. The van der Waals surface area contributed by atoms with Crippen LogP contribution in [0.1, 0.15) is 10.4 Å². The van der Waals surface area contributed by atoms with E-state index in [1.807, 2.05) is 6.07 Å². The number of aryl methyl sites for hydroxylation is 1. The van der Waals surface area contributed by atoms with Gasteiger partial charge in [0, 0.05) is 17.1 Å². The predicted molar refractivity (Wildman–Crippen MR) is 75.5 cm³/mol. The number of anilines is 1. The Labute approximate surface area is 114 Å². The van der Waals surface area contributed by atoms with Gasteiger partial charge in [-0.25, -0.2) is 4.68 Å². The van der Waals surface area contributed by atoms with E-state index in [2.05, 4.69) is 57.4 Å². The van der Waals surface area contributed by atoms with Crippen molar-refractivity contribution in [3.05, 3.63) is 52.5 Å². The van der Waals surface area contributed by atoms with Crippen LogP contribution in [-0.4, -0.2) is 20.2 Å². The van der Waals surface area contributed by atoms with Crippen LogP contribution in [0, 0.1) is 6.92 Å². The Bertz CT molecular complexity index is 646. The zero-order valence-electron chi connectivity index (χ0n) is 10.4. The van der Waals surface area contributed by atoms with Gasteiger partial charge in [-0.15, -0.1) is 16.4 Å². The molecular formula is C13H13N5S. The molecule has 0 bridgehead atoms. The fourth-order valence-corrected chi connectivity index (χ4v) is 2.46.